The standard InChI is InChI=1S/C18H24N4O2/c1-4-20-17(23)15-9-13(19)10-22(15)18(24)16-8-12-6-5-11(2)7-14(12)21(16)3/h5-8,13,15H,4,9-10,19H2,1-3H3,(H,20,23)/t13-,15-/m0/s1. The van der Waals surface area contributed by atoms with E-state index in [2.05, 4.69) is 11.4 Å². The number of hydrogen-bond acceptors (Lipinski definition) is 3. The van der Waals surface area contributed by atoms with Crippen LogP contribution >= 0.6 is 0 Å². The van der Waals surface area contributed by atoms with Crippen molar-refractivity contribution in [1.29, 1.82) is 0 Å². The smallest absolute Gasteiger partial charge is 0.271 e. The molecule has 3 rings (SSSR count). The number of carbonyl (C=O) groups excluding carboxylic acids is 2. The van der Waals surface area contributed by atoms with Crippen LogP contribution in [-0.4, -0.2) is 46.5 Å². The molecule has 1 aliphatic heterocycles. The number of benzene rings is 1. The molecule has 128 valence electrons. The van der Waals surface area contributed by atoms with Crippen molar-refractivity contribution in [2.75, 3.05) is 13.1 Å². The summed E-state index contributed by atoms with van der Waals surface area (Å²) in [5.41, 5.74) is 8.76. The molecule has 2 amide bonds. The van der Waals surface area contributed by atoms with Gasteiger partial charge in [0.05, 0.1) is 0 Å². The Labute approximate surface area is 141 Å². The minimum absolute atomic E-state index is 0.131. The number of carbonyl (C=O) groups is 2. The molecule has 2 atom stereocenters. The lowest BCUT2D eigenvalue weighted by Gasteiger charge is -2.23. The molecule has 0 radical (unpaired) electrons. The van der Waals surface area contributed by atoms with Crippen LogP contribution in [0.1, 0.15) is 29.4 Å². The van der Waals surface area contributed by atoms with Gasteiger partial charge in [-0.1, -0.05) is 12.1 Å². The van der Waals surface area contributed by atoms with E-state index in [1.165, 1.54) is 0 Å². The zero-order valence-corrected chi connectivity index (χ0v) is 14.4. The maximum atomic E-state index is 13.1. The molecule has 1 aromatic heterocycles. The van der Waals surface area contributed by atoms with Crippen molar-refractivity contribution in [2.24, 2.45) is 12.8 Å². The number of fused-ring (bicyclic) bond motifs is 1. The van der Waals surface area contributed by atoms with Gasteiger partial charge in [-0.3, -0.25) is 9.59 Å². The fourth-order valence-electron chi connectivity index (χ4n) is 3.43. The molecule has 1 saturated heterocycles. The largest absolute Gasteiger partial charge is 0.355 e. The molecule has 0 aliphatic carbocycles. The summed E-state index contributed by atoms with van der Waals surface area (Å²) < 4.78 is 1.89. The predicted octanol–water partition coefficient (Wildman–Crippen LogP) is 1.16. The van der Waals surface area contributed by atoms with E-state index in [0.717, 1.165) is 16.5 Å². The van der Waals surface area contributed by atoms with Crippen LogP contribution < -0.4 is 11.1 Å². The summed E-state index contributed by atoms with van der Waals surface area (Å²) in [6.45, 7) is 4.84. The molecule has 0 saturated carbocycles. The van der Waals surface area contributed by atoms with Gasteiger partial charge in [0.15, 0.2) is 0 Å². The highest BCUT2D eigenvalue weighted by Crippen LogP contribution is 2.24. The van der Waals surface area contributed by atoms with Crippen LogP contribution in [0.4, 0.5) is 0 Å². The number of nitrogens with one attached hydrogen (secondary N) is 1. The monoisotopic (exact) mass is 328 g/mol. The zero-order chi connectivity index (χ0) is 17.4. The molecule has 3 N–H and O–H groups in total. The summed E-state index contributed by atoms with van der Waals surface area (Å²) in [6, 6.07) is 7.32. The molecule has 6 heteroatoms. The molecule has 1 aromatic carbocycles. The molecule has 24 heavy (non-hydrogen) atoms. The van der Waals surface area contributed by atoms with E-state index in [1.807, 2.05) is 43.7 Å². The first-order chi connectivity index (χ1) is 11.4. The van der Waals surface area contributed by atoms with Crippen LogP contribution in [0.15, 0.2) is 24.3 Å². The Morgan fingerprint density at radius 1 is 1.33 bits per heavy atom. The summed E-state index contributed by atoms with van der Waals surface area (Å²) in [7, 11) is 1.88. The Kier molecular flexibility index (Phi) is 4.32. The highest BCUT2D eigenvalue weighted by Gasteiger charge is 2.39. The highest BCUT2D eigenvalue weighted by atomic mass is 16.2. The van der Waals surface area contributed by atoms with Crippen molar-refractivity contribution in [3.05, 3.63) is 35.5 Å². The van der Waals surface area contributed by atoms with E-state index in [9.17, 15) is 9.59 Å². The summed E-state index contributed by atoms with van der Waals surface area (Å²) in [6.07, 6.45) is 0.501. The second kappa shape index (κ2) is 6.28. The van der Waals surface area contributed by atoms with Gasteiger partial charge < -0.3 is 20.5 Å². The normalized spacial score (nSPS) is 20.6. The lowest BCUT2D eigenvalue weighted by atomic mass is 10.1. The number of aromatic nitrogens is 1. The van der Waals surface area contributed by atoms with Gasteiger partial charge in [0.25, 0.3) is 5.91 Å². The maximum Gasteiger partial charge on any atom is 0.271 e. The summed E-state index contributed by atoms with van der Waals surface area (Å²) in [5.74, 6) is -0.274. The van der Waals surface area contributed by atoms with Crippen molar-refractivity contribution in [1.82, 2.24) is 14.8 Å². The molecule has 2 aromatic rings. The molecule has 1 fully saturated rings. The molecule has 2 heterocycles. The molecule has 1 aliphatic rings. The third-order valence-electron chi connectivity index (χ3n) is 4.67. The summed E-state index contributed by atoms with van der Waals surface area (Å²) >= 11 is 0. The fourth-order valence-corrected chi connectivity index (χ4v) is 3.43. The second-order valence-electron chi connectivity index (χ2n) is 6.51. The number of nitrogens with two attached hydrogens (primary N) is 1. The van der Waals surface area contributed by atoms with E-state index in [1.54, 1.807) is 4.90 Å². The van der Waals surface area contributed by atoms with Crippen LogP contribution in [0.5, 0.6) is 0 Å². The number of nitrogens with zero attached hydrogens (tertiary/aromatic N) is 2. The SMILES string of the molecule is CCNC(=O)[C@@H]1C[C@H](N)CN1C(=O)c1cc2ccc(C)cc2n1C. The van der Waals surface area contributed by atoms with Gasteiger partial charge >= 0.3 is 0 Å². The van der Waals surface area contributed by atoms with Crippen LogP contribution in [0.25, 0.3) is 10.9 Å². The van der Waals surface area contributed by atoms with Crippen LogP contribution in [0.3, 0.4) is 0 Å². The quantitative estimate of drug-likeness (QED) is 0.887. The van der Waals surface area contributed by atoms with E-state index in [0.29, 0.717) is 25.2 Å². The van der Waals surface area contributed by atoms with Crippen LogP contribution in [0, 0.1) is 6.92 Å². The molecular formula is C18H24N4O2. The number of likely N-dealkylation sites (tertiary alicyclic amines) is 1. The Bertz CT molecular complexity index is 796. The predicted molar refractivity (Wildman–Crippen MR) is 93.8 cm³/mol. The van der Waals surface area contributed by atoms with Crippen molar-refractivity contribution in [3.63, 3.8) is 0 Å². The van der Waals surface area contributed by atoms with E-state index in [4.69, 9.17) is 5.73 Å². The van der Waals surface area contributed by atoms with Gasteiger partial charge in [-0.2, -0.15) is 0 Å². The molecule has 0 unspecified atom stereocenters. The fraction of sp³-hybridized carbons (Fsp3) is 0.444. The van der Waals surface area contributed by atoms with Gasteiger partial charge in [0, 0.05) is 37.1 Å². The van der Waals surface area contributed by atoms with Gasteiger partial charge in [0.1, 0.15) is 11.7 Å². The van der Waals surface area contributed by atoms with Gasteiger partial charge in [-0.15, -0.1) is 0 Å². The lowest BCUT2D eigenvalue weighted by Crippen LogP contribution is -2.46. The number of rotatable bonds is 3. The average molecular weight is 328 g/mol. The molecule has 6 nitrogen and oxygen atoms in total. The van der Waals surface area contributed by atoms with E-state index in [-0.39, 0.29) is 17.9 Å². The number of aryl methyl sites for hydroxylation is 2. The minimum atomic E-state index is -0.493. The van der Waals surface area contributed by atoms with Crippen LogP contribution in [-0.2, 0) is 11.8 Å². The number of likely N-dealkylation sites (N-methyl/N-ethyl adjacent to an activating group) is 1. The zero-order valence-electron chi connectivity index (χ0n) is 14.4. The van der Waals surface area contributed by atoms with E-state index >= 15 is 0 Å². The Morgan fingerprint density at radius 3 is 2.79 bits per heavy atom. The summed E-state index contributed by atoms with van der Waals surface area (Å²) in [5, 5.41) is 3.82. The van der Waals surface area contributed by atoms with Gasteiger partial charge in [-0.25, -0.2) is 0 Å². The number of amides is 2. The second-order valence-corrected chi connectivity index (χ2v) is 6.51. The highest BCUT2D eigenvalue weighted by molar-refractivity contribution is 6.01. The van der Waals surface area contributed by atoms with Crippen molar-refractivity contribution in [2.45, 2.75) is 32.4 Å². The lowest BCUT2D eigenvalue weighted by molar-refractivity contribution is -0.124. The minimum Gasteiger partial charge on any atom is -0.355 e. The van der Waals surface area contributed by atoms with Gasteiger partial charge in [0.2, 0.25) is 5.91 Å². The van der Waals surface area contributed by atoms with Crippen molar-refractivity contribution < 1.29 is 9.59 Å². The first kappa shape index (κ1) is 16.5. The van der Waals surface area contributed by atoms with E-state index < -0.39 is 6.04 Å². The van der Waals surface area contributed by atoms with Gasteiger partial charge in [-0.05, 0) is 38.0 Å². The topological polar surface area (TPSA) is 80.4 Å². The van der Waals surface area contributed by atoms with Crippen molar-refractivity contribution >= 4 is 22.7 Å². The Morgan fingerprint density at radius 2 is 2.08 bits per heavy atom. The third-order valence-corrected chi connectivity index (χ3v) is 4.67. The third kappa shape index (κ3) is 2.78. The van der Waals surface area contributed by atoms with Crippen LogP contribution in [0.2, 0.25) is 0 Å². The molecule has 0 bridgehead atoms. The average Bonchev–Trinajstić information content (AvgIpc) is 3.08. The maximum absolute atomic E-state index is 13.1. The number of hydrogen-bond donors (Lipinski definition) is 2. The molecule has 0 spiro atoms. The summed E-state index contributed by atoms with van der Waals surface area (Å²) in [4.78, 5) is 26.9. The molecular weight excluding hydrogens is 304 g/mol. The van der Waals surface area contributed by atoms with Crippen molar-refractivity contribution in [3.8, 4) is 0 Å². The Hall–Kier alpha value is -2.34. The first-order valence-electron chi connectivity index (χ1n) is 8.32. The Balaban J connectivity index is 1.95. The first-order valence-corrected chi connectivity index (χ1v) is 8.32.